The van der Waals surface area contributed by atoms with Crippen molar-refractivity contribution < 1.29 is 27.9 Å². The summed E-state index contributed by atoms with van der Waals surface area (Å²) in [6, 6.07) is 5.39. The molecule has 10 nitrogen and oxygen atoms in total. The van der Waals surface area contributed by atoms with Gasteiger partial charge in [-0.1, -0.05) is 25.5 Å². The molecule has 3 rings (SSSR count). The highest BCUT2D eigenvalue weighted by Gasteiger charge is 2.47. The average molecular weight is 553 g/mol. The molecule has 0 saturated carbocycles. The van der Waals surface area contributed by atoms with E-state index in [9.17, 15) is 23.1 Å². The lowest BCUT2D eigenvalue weighted by molar-refractivity contribution is -0.143. The Kier molecular flexibility index (Phi) is 11.0. The summed E-state index contributed by atoms with van der Waals surface area (Å²) in [5.41, 5.74) is 1.99. The molecule has 0 aliphatic carbocycles. The molecule has 11 heteroatoms. The van der Waals surface area contributed by atoms with E-state index < -0.39 is 28.0 Å². The van der Waals surface area contributed by atoms with E-state index in [1.54, 1.807) is 0 Å². The SMILES string of the molecule is CCCCN(CCCN(C)C)C(=O)CN1C[C@H](c2ccc3c(c2)CCO3)C(C(=O)O)[C@@H]1CCNS(C)(=O)=O. The van der Waals surface area contributed by atoms with Gasteiger partial charge in [0.2, 0.25) is 15.9 Å². The van der Waals surface area contributed by atoms with Crippen LogP contribution < -0.4 is 9.46 Å². The van der Waals surface area contributed by atoms with E-state index in [1.165, 1.54) is 0 Å². The molecule has 3 atom stereocenters. The maximum atomic E-state index is 13.5. The van der Waals surface area contributed by atoms with Crippen molar-refractivity contribution in [3.05, 3.63) is 29.3 Å². The number of benzene rings is 1. The minimum atomic E-state index is -3.42. The van der Waals surface area contributed by atoms with Gasteiger partial charge in [-0.25, -0.2) is 13.1 Å². The zero-order valence-electron chi connectivity index (χ0n) is 23.2. The Labute approximate surface area is 227 Å². The van der Waals surface area contributed by atoms with Gasteiger partial charge in [-0.15, -0.1) is 0 Å². The van der Waals surface area contributed by atoms with Crippen LogP contribution in [0.25, 0.3) is 0 Å². The highest BCUT2D eigenvalue weighted by molar-refractivity contribution is 7.88. The van der Waals surface area contributed by atoms with Crippen LogP contribution in [-0.2, 0) is 26.0 Å². The first-order chi connectivity index (χ1) is 18.0. The molecule has 1 unspecified atom stereocenters. The summed E-state index contributed by atoms with van der Waals surface area (Å²) in [5.74, 6) is -1.18. The van der Waals surface area contributed by atoms with Gasteiger partial charge in [0.25, 0.3) is 0 Å². The Morgan fingerprint density at radius 1 is 1.18 bits per heavy atom. The molecule has 0 aromatic heterocycles. The number of carbonyl (C=O) groups excluding carboxylic acids is 1. The molecule has 0 bridgehead atoms. The van der Waals surface area contributed by atoms with Gasteiger partial charge in [-0.2, -0.15) is 0 Å². The fraction of sp³-hybridized carbons (Fsp3) is 0.704. The van der Waals surface area contributed by atoms with Crippen LogP contribution in [0.2, 0.25) is 0 Å². The van der Waals surface area contributed by atoms with Crippen molar-refractivity contribution in [2.45, 2.75) is 51.0 Å². The smallest absolute Gasteiger partial charge is 0.308 e. The van der Waals surface area contributed by atoms with Crippen molar-refractivity contribution in [1.29, 1.82) is 0 Å². The van der Waals surface area contributed by atoms with Crippen LogP contribution in [-0.4, -0.2) is 112 Å². The molecule has 2 aliphatic rings. The summed E-state index contributed by atoms with van der Waals surface area (Å²) in [6.07, 6.45) is 4.93. The number of fused-ring (bicyclic) bond motifs is 1. The third-order valence-electron chi connectivity index (χ3n) is 7.49. The number of hydrogen-bond donors (Lipinski definition) is 2. The monoisotopic (exact) mass is 552 g/mol. The number of aliphatic carboxylic acids is 1. The highest BCUT2D eigenvalue weighted by Crippen LogP contribution is 2.41. The van der Waals surface area contributed by atoms with Crippen LogP contribution in [0.4, 0.5) is 0 Å². The second kappa shape index (κ2) is 13.7. The lowest BCUT2D eigenvalue weighted by Crippen LogP contribution is -2.46. The molecule has 1 saturated heterocycles. The minimum Gasteiger partial charge on any atom is -0.493 e. The molecule has 214 valence electrons. The first kappa shape index (κ1) is 30.3. The quantitative estimate of drug-likeness (QED) is 0.337. The van der Waals surface area contributed by atoms with Gasteiger partial charge in [-0.05, 0) is 57.1 Å². The van der Waals surface area contributed by atoms with Gasteiger partial charge in [0.05, 0.1) is 25.3 Å². The maximum Gasteiger partial charge on any atom is 0.308 e. The zero-order valence-corrected chi connectivity index (χ0v) is 24.0. The van der Waals surface area contributed by atoms with E-state index in [-0.39, 0.29) is 24.9 Å². The van der Waals surface area contributed by atoms with Crippen molar-refractivity contribution in [3.63, 3.8) is 0 Å². The van der Waals surface area contributed by atoms with Crippen LogP contribution in [0.5, 0.6) is 5.75 Å². The third-order valence-corrected chi connectivity index (χ3v) is 8.21. The van der Waals surface area contributed by atoms with Crippen LogP contribution in [0, 0.1) is 5.92 Å². The number of hydrogen-bond acceptors (Lipinski definition) is 7. The van der Waals surface area contributed by atoms with Gasteiger partial charge in [-0.3, -0.25) is 14.5 Å². The molecule has 2 aliphatic heterocycles. The number of carbonyl (C=O) groups is 2. The van der Waals surface area contributed by atoms with Crippen molar-refractivity contribution >= 4 is 21.9 Å². The normalized spacial score (nSPS) is 21.4. The highest BCUT2D eigenvalue weighted by atomic mass is 32.2. The van der Waals surface area contributed by atoms with Gasteiger partial charge in [0, 0.05) is 44.6 Å². The Bertz CT molecular complexity index is 1060. The minimum absolute atomic E-state index is 0.00887. The Hall–Kier alpha value is -2.21. The molecule has 1 fully saturated rings. The fourth-order valence-electron chi connectivity index (χ4n) is 5.58. The van der Waals surface area contributed by atoms with Crippen LogP contribution >= 0.6 is 0 Å². The van der Waals surface area contributed by atoms with Crippen molar-refractivity contribution in [1.82, 2.24) is 19.4 Å². The van der Waals surface area contributed by atoms with Gasteiger partial charge >= 0.3 is 5.97 Å². The Morgan fingerprint density at radius 2 is 1.92 bits per heavy atom. The molecule has 2 heterocycles. The molecule has 38 heavy (non-hydrogen) atoms. The predicted octanol–water partition coefficient (Wildman–Crippen LogP) is 1.61. The molecule has 1 aromatic carbocycles. The van der Waals surface area contributed by atoms with E-state index in [1.807, 2.05) is 42.1 Å². The summed E-state index contributed by atoms with van der Waals surface area (Å²) in [4.78, 5) is 32.1. The van der Waals surface area contributed by atoms with E-state index >= 15 is 0 Å². The van der Waals surface area contributed by atoms with Crippen molar-refractivity contribution in [2.75, 3.05) is 66.2 Å². The molecule has 1 aromatic rings. The number of unbranched alkanes of at least 4 members (excludes halogenated alkanes) is 1. The Morgan fingerprint density at radius 3 is 2.58 bits per heavy atom. The van der Waals surface area contributed by atoms with Crippen LogP contribution in [0.15, 0.2) is 18.2 Å². The predicted molar refractivity (Wildman–Crippen MR) is 147 cm³/mol. The number of sulfonamides is 1. The molecule has 1 amide bonds. The van der Waals surface area contributed by atoms with Crippen LogP contribution in [0.1, 0.15) is 49.7 Å². The van der Waals surface area contributed by atoms with E-state index in [4.69, 9.17) is 4.74 Å². The van der Waals surface area contributed by atoms with Gasteiger partial charge in [0.15, 0.2) is 0 Å². The number of likely N-dealkylation sites (tertiary alicyclic amines) is 1. The Balaban J connectivity index is 1.83. The second-order valence-corrected chi connectivity index (χ2v) is 12.6. The molecule has 2 N–H and O–H groups in total. The van der Waals surface area contributed by atoms with E-state index in [0.717, 1.165) is 55.4 Å². The second-order valence-electron chi connectivity index (χ2n) is 10.8. The van der Waals surface area contributed by atoms with Gasteiger partial charge in [0.1, 0.15) is 5.75 Å². The topological polar surface area (TPSA) is 119 Å². The molecule has 0 spiro atoms. The molecule has 0 radical (unpaired) electrons. The summed E-state index contributed by atoms with van der Waals surface area (Å²) in [7, 11) is 0.601. The summed E-state index contributed by atoms with van der Waals surface area (Å²) in [5, 5.41) is 10.3. The maximum absolute atomic E-state index is 13.5. The molecular formula is C27H44N4O6S. The lowest BCUT2D eigenvalue weighted by Gasteiger charge is -2.30. The lowest BCUT2D eigenvalue weighted by atomic mass is 9.83. The van der Waals surface area contributed by atoms with E-state index in [2.05, 4.69) is 16.5 Å². The first-order valence-electron chi connectivity index (χ1n) is 13.6. The van der Waals surface area contributed by atoms with Crippen molar-refractivity contribution in [3.8, 4) is 5.75 Å². The first-order valence-corrected chi connectivity index (χ1v) is 15.5. The number of rotatable bonds is 15. The largest absolute Gasteiger partial charge is 0.493 e. The van der Waals surface area contributed by atoms with Crippen molar-refractivity contribution in [2.24, 2.45) is 5.92 Å². The van der Waals surface area contributed by atoms with E-state index in [0.29, 0.717) is 32.7 Å². The number of ether oxygens (including phenoxy) is 1. The number of carboxylic acid groups (broad SMARTS) is 1. The summed E-state index contributed by atoms with van der Waals surface area (Å²) >= 11 is 0. The van der Waals surface area contributed by atoms with Crippen LogP contribution in [0.3, 0.4) is 0 Å². The average Bonchev–Trinajstić information content (AvgIpc) is 3.44. The summed E-state index contributed by atoms with van der Waals surface area (Å²) in [6.45, 7) is 5.57. The zero-order chi connectivity index (χ0) is 27.9. The summed E-state index contributed by atoms with van der Waals surface area (Å²) < 4.78 is 31.5. The number of nitrogens with one attached hydrogen (secondary N) is 1. The fourth-order valence-corrected chi connectivity index (χ4v) is 6.07. The number of nitrogens with zero attached hydrogens (tertiary/aromatic N) is 3. The molecular weight excluding hydrogens is 508 g/mol. The standard InChI is InChI=1S/C27H44N4O6S/c1-5-6-14-30(15-7-13-29(2)3)25(32)19-31-18-22(20-8-9-24-21(17-20)11-16-37-24)26(27(33)34)23(31)10-12-28-38(4,35)36/h8-9,17,22-23,26,28H,5-7,10-16,18-19H2,1-4H3,(H,33,34)/t22-,23+,26?/m1/s1. The number of carboxylic acids is 1. The third kappa shape index (κ3) is 8.39. The van der Waals surface area contributed by atoms with Gasteiger partial charge < -0.3 is 19.6 Å². The number of amides is 1.